The number of hydrogen-bond donors (Lipinski definition) is 3. The van der Waals surface area contributed by atoms with Crippen LogP contribution in [0.15, 0.2) is 79.0 Å². The van der Waals surface area contributed by atoms with Gasteiger partial charge in [-0.15, -0.1) is 0 Å². The van der Waals surface area contributed by atoms with E-state index in [2.05, 4.69) is 49.6 Å². The van der Waals surface area contributed by atoms with Crippen molar-refractivity contribution in [2.75, 3.05) is 61.8 Å². The third kappa shape index (κ3) is 6.50. The lowest BCUT2D eigenvalue weighted by Gasteiger charge is -2.34. The maximum Gasteiger partial charge on any atom is 0.253 e. The summed E-state index contributed by atoms with van der Waals surface area (Å²) < 4.78 is 27.0. The zero-order chi connectivity index (χ0) is 32.5. The third-order valence-electron chi connectivity index (χ3n) is 8.78. The average Bonchev–Trinajstić information content (AvgIpc) is 3.73. The van der Waals surface area contributed by atoms with Crippen LogP contribution < -0.4 is 15.5 Å². The second-order valence-electron chi connectivity index (χ2n) is 12.0. The van der Waals surface area contributed by atoms with Gasteiger partial charge in [-0.25, -0.2) is 8.78 Å². The molecule has 5 aromatic rings. The highest BCUT2D eigenvalue weighted by Gasteiger charge is 2.29. The normalized spacial score (nSPS) is 16.9. The van der Waals surface area contributed by atoms with Gasteiger partial charge in [0.05, 0.1) is 10.9 Å². The predicted molar refractivity (Wildman–Crippen MR) is 177 cm³/mol. The highest BCUT2D eigenvalue weighted by Crippen LogP contribution is 2.31. The molecule has 0 bridgehead atoms. The summed E-state index contributed by atoms with van der Waals surface area (Å²) in [6.45, 7) is 4.87. The minimum absolute atomic E-state index is 0.170. The lowest BCUT2D eigenvalue weighted by Crippen LogP contribution is -2.44. The lowest BCUT2D eigenvalue weighted by atomic mass is 10.0. The van der Waals surface area contributed by atoms with Crippen LogP contribution in [-0.2, 0) is 0 Å². The van der Waals surface area contributed by atoms with Crippen molar-refractivity contribution in [3.63, 3.8) is 0 Å². The van der Waals surface area contributed by atoms with E-state index in [1.165, 1.54) is 48.5 Å². The van der Waals surface area contributed by atoms with E-state index in [0.29, 0.717) is 59.0 Å². The Morgan fingerprint density at radius 1 is 0.830 bits per heavy atom. The van der Waals surface area contributed by atoms with Crippen molar-refractivity contribution in [2.24, 2.45) is 0 Å². The molecule has 1 amide bonds. The zero-order valence-electron chi connectivity index (χ0n) is 25.8. The van der Waals surface area contributed by atoms with Crippen LogP contribution in [0.1, 0.15) is 32.7 Å². The van der Waals surface area contributed by atoms with Gasteiger partial charge in [-0.05, 0) is 86.3 Å². The number of anilines is 4. The van der Waals surface area contributed by atoms with Crippen molar-refractivity contribution < 1.29 is 18.4 Å². The fraction of sp³-hybridized carbons (Fsp3) is 0.257. The SMILES string of the molecule is CN1CCN(c2ccc(Nc3nc(N[C@H]4CCN(C(=O)c5ccc(F)cc5)C4)c4c(C(=O)c5ccc(F)cc5)c[nH]c4n3)cc2)CC1. The number of ketones is 1. The number of hydrogen-bond acceptors (Lipinski definition) is 8. The number of aromatic amines is 1. The number of aromatic nitrogens is 3. The zero-order valence-corrected chi connectivity index (χ0v) is 25.8. The first kappa shape index (κ1) is 30.3. The maximum absolute atomic E-state index is 13.6. The van der Waals surface area contributed by atoms with E-state index >= 15 is 0 Å². The summed E-state index contributed by atoms with van der Waals surface area (Å²) >= 11 is 0. The molecule has 2 aliphatic heterocycles. The number of H-pyrrole nitrogens is 1. The lowest BCUT2D eigenvalue weighted by molar-refractivity contribution is 0.0791. The molecule has 0 unspecified atom stereocenters. The summed E-state index contributed by atoms with van der Waals surface area (Å²) in [5, 5.41) is 7.26. The number of likely N-dealkylation sites (tertiary alicyclic amines) is 1. The summed E-state index contributed by atoms with van der Waals surface area (Å²) in [5.74, 6) is -0.560. The second-order valence-corrected chi connectivity index (χ2v) is 12.0. The van der Waals surface area contributed by atoms with Gasteiger partial charge in [-0.3, -0.25) is 9.59 Å². The Labute approximate surface area is 270 Å². The van der Waals surface area contributed by atoms with E-state index in [1.54, 1.807) is 11.1 Å². The topological polar surface area (TPSA) is 109 Å². The molecule has 1 atom stereocenters. The van der Waals surface area contributed by atoms with Crippen LogP contribution in [0.2, 0.25) is 0 Å². The number of piperazine rings is 1. The van der Waals surface area contributed by atoms with Crippen LogP contribution in [-0.4, -0.2) is 88.8 Å². The Hall–Kier alpha value is -5.36. The number of amides is 1. The first-order valence-electron chi connectivity index (χ1n) is 15.6. The molecule has 0 saturated carbocycles. The highest BCUT2D eigenvalue weighted by atomic mass is 19.1. The van der Waals surface area contributed by atoms with Gasteiger partial charge >= 0.3 is 0 Å². The van der Waals surface area contributed by atoms with Gasteiger partial charge in [0.15, 0.2) is 5.78 Å². The maximum atomic E-state index is 13.6. The van der Waals surface area contributed by atoms with Gasteiger partial charge in [0.2, 0.25) is 5.95 Å². The molecule has 0 radical (unpaired) electrons. The number of nitrogens with one attached hydrogen (secondary N) is 3. The molecule has 240 valence electrons. The molecule has 3 aromatic carbocycles. The molecule has 0 spiro atoms. The number of nitrogens with zero attached hydrogens (tertiary/aromatic N) is 5. The molecule has 2 fully saturated rings. The van der Waals surface area contributed by atoms with Crippen LogP contribution in [0.5, 0.6) is 0 Å². The first-order valence-corrected chi connectivity index (χ1v) is 15.6. The highest BCUT2D eigenvalue weighted by molar-refractivity contribution is 6.18. The van der Waals surface area contributed by atoms with Crippen molar-refractivity contribution in [1.82, 2.24) is 24.8 Å². The molecule has 7 rings (SSSR count). The third-order valence-corrected chi connectivity index (χ3v) is 8.78. The first-order chi connectivity index (χ1) is 22.8. The number of benzene rings is 3. The van der Waals surface area contributed by atoms with Crippen molar-refractivity contribution in [3.8, 4) is 0 Å². The molecule has 2 aliphatic rings. The Balaban J connectivity index is 1.16. The van der Waals surface area contributed by atoms with Gasteiger partial charge in [-0.1, -0.05) is 0 Å². The summed E-state index contributed by atoms with van der Waals surface area (Å²) in [6.07, 6.45) is 2.23. The van der Waals surface area contributed by atoms with Crippen molar-refractivity contribution in [3.05, 3.63) is 107 Å². The van der Waals surface area contributed by atoms with E-state index in [9.17, 15) is 18.4 Å². The van der Waals surface area contributed by atoms with Crippen LogP contribution in [0.25, 0.3) is 11.0 Å². The minimum Gasteiger partial charge on any atom is -0.369 e. The molecule has 47 heavy (non-hydrogen) atoms. The monoisotopic (exact) mass is 636 g/mol. The van der Waals surface area contributed by atoms with E-state index in [-0.39, 0.29) is 17.7 Å². The number of fused-ring (bicyclic) bond motifs is 1. The fourth-order valence-electron chi connectivity index (χ4n) is 6.11. The molecular weight excluding hydrogens is 602 g/mol. The van der Waals surface area contributed by atoms with Crippen LogP contribution in [0.3, 0.4) is 0 Å². The van der Waals surface area contributed by atoms with Gasteiger partial charge < -0.3 is 30.3 Å². The fourth-order valence-corrected chi connectivity index (χ4v) is 6.11. The average molecular weight is 637 g/mol. The van der Waals surface area contributed by atoms with E-state index in [0.717, 1.165) is 37.6 Å². The summed E-state index contributed by atoms with van der Waals surface area (Å²) in [5.41, 5.74) is 3.49. The van der Waals surface area contributed by atoms with Crippen molar-refractivity contribution >= 4 is 45.9 Å². The molecule has 2 saturated heterocycles. The molecule has 0 aliphatic carbocycles. The molecule has 3 N–H and O–H groups in total. The Kier molecular flexibility index (Phi) is 8.25. The Morgan fingerprint density at radius 2 is 1.49 bits per heavy atom. The number of carbonyl (C=O) groups is 2. The van der Waals surface area contributed by atoms with Crippen LogP contribution in [0, 0.1) is 11.6 Å². The molecule has 12 heteroatoms. The molecule has 10 nitrogen and oxygen atoms in total. The summed E-state index contributed by atoms with van der Waals surface area (Å²) in [6, 6.07) is 18.9. The number of rotatable bonds is 8. The van der Waals surface area contributed by atoms with Crippen LogP contribution >= 0.6 is 0 Å². The van der Waals surface area contributed by atoms with E-state index in [4.69, 9.17) is 4.98 Å². The second kappa shape index (κ2) is 12.8. The van der Waals surface area contributed by atoms with Gasteiger partial charge in [0.25, 0.3) is 5.91 Å². The molecular formula is C35H34F2N8O2. The summed E-state index contributed by atoms with van der Waals surface area (Å²) in [4.78, 5) is 45.7. The van der Waals surface area contributed by atoms with Crippen LogP contribution in [0.4, 0.5) is 31.9 Å². The van der Waals surface area contributed by atoms with Crippen molar-refractivity contribution in [2.45, 2.75) is 12.5 Å². The predicted octanol–water partition coefficient (Wildman–Crippen LogP) is 5.29. The minimum atomic E-state index is -0.431. The van der Waals surface area contributed by atoms with Gasteiger partial charge in [0, 0.05) is 74.0 Å². The van der Waals surface area contributed by atoms with E-state index in [1.807, 2.05) is 12.1 Å². The largest absolute Gasteiger partial charge is 0.369 e. The van der Waals surface area contributed by atoms with Gasteiger partial charge in [-0.2, -0.15) is 9.97 Å². The smallest absolute Gasteiger partial charge is 0.253 e. The molecule has 2 aromatic heterocycles. The van der Waals surface area contributed by atoms with E-state index < -0.39 is 11.6 Å². The Bertz CT molecular complexity index is 1900. The quantitative estimate of drug-likeness (QED) is 0.197. The number of carbonyl (C=O) groups excluding carboxylic acids is 2. The number of halogens is 2. The summed E-state index contributed by atoms with van der Waals surface area (Å²) in [7, 11) is 2.13. The van der Waals surface area contributed by atoms with Gasteiger partial charge in [0.1, 0.15) is 23.1 Å². The Morgan fingerprint density at radius 3 is 2.17 bits per heavy atom. The molecule has 4 heterocycles. The standard InChI is InChI=1S/C35H34F2N8O2/c1-43-16-18-44(19-17-43)28-12-10-26(11-13-28)40-35-41-32-30(29(20-38-32)31(46)22-2-6-24(36)7-3-22)33(42-35)39-27-14-15-45(21-27)34(47)23-4-8-25(37)9-5-23/h2-13,20,27H,14-19,21H2,1H3,(H3,38,39,40,41,42)/t27-/m0/s1. The number of likely N-dealkylation sites (N-methyl/N-ethyl adjacent to an activating group) is 1. The van der Waals surface area contributed by atoms with Crippen molar-refractivity contribution in [1.29, 1.82) is 0 Å².